The molecule has 250 valence electrons. The molecule has 5 N–H and O–H groups in total. The van der Waals surface area contributed by atoms with Crippen LogP contribution in [0.15, 0.2) is 0 Å². The number of urea groups is 1. The van der Waals surface area contributed by atoms with Crippen molar-refractivity contribution in [2.24, 2.45) is 40.7 Å². The van der Waals surface area contributed by atoms with Crippen LogP contribution < -0.4 is 21.7 Å². The molecule has 44 heavy (non-hydrogen) atoms. The van der Waals surface area contributed by atoms with Crippen LogP contribution in [0.4, 0.5) is 4.79 Å². The van der Waals surface area contributed by atoms with E-state index in [0.717, 1.165) is 31.6 Å². The normalized spacial score (nSPS) is 21.1. The molecule has 2 saturated carbocycles. The van der Waals surface area contributed by atoms with E-state index in [1.54, 1.807) is 20.8 Å². The maximum absolute atomic E-state index is 13.9. The third-order valence-electron chi connectivity index (χ3n) is 7.96. The molecule has 1 aliphatic heterocycles. The second-order valence-corrected chi connectivity index (χ2v) is 14.7. The molecule has 2 aliphatic carbocycles. The van der Waals surface area contributed by atoms with Gasteiger partial charge in [0.05, 0.1) is 12.6 Å². The summed E-state index contributed by atoms with van der Waals surface area (Å²) in [6.07, 6.45) is 4.62. The molecule has 0 spiro atoms. The SMILES string of the molecule is CC(C)C.CC(C)[C@@H]1C[C@@H](C(=O)NC(CC2CC2)C(=O)C(N)=O)N(C(=O)C(NC(=O)NCC(=O)OCC2CC2)C(C)(C)C)C1. The van der Waals surface area contributed by atoms with E-state index in [4.69, 9.17) is 10.5 Å². The Kier molecular flexibility index (Phi) is 13.6. The van der Waals surface area contributed by atoms with Crippen molar-refractivity contribution < 1.29 is 33.5 Å². The Morgan fingerprint density at radius 2 is 1.48 bits per heavy atom. The Balaban J connectivity index is 0.00000159. The van der Waals surface area contributed by atoms with Gasteiger partial charge in [0.25, 0.3) is 5.91 Å². The fraction of sp³-hybridized carbons (Fsp3) is 0.812. The van der Waals surface area contributed by atoms with Crippen LogP contribution in [0.25, 0.3) is 0 Å². The van der Waals surface area contributed by atoms with Gasteiger partial charge in [-0.15, -0.1) is 0 Å². The number of ether oxygens (including phenoxy) is 1. The summed E-state index contributed by atoms with van der Waals surface area (Å²) in [7, 11) is 0. The van der Waals surface area contributed by atoms with E-state index in [9.17, 15) is 28.8 Å². The number of carbonyl (C=O) groups is 6. The third-order valence-corrected chi connectivity index (χ3v) is 7.96. The van der Waals surface area contributed by atoms with Gasteiger partial charge in [0.1, 0.15) is 18.6 Å². The number of hydrogen-bond donors (Lipinski definition) is 4. The molecule has 3 fully saturated rings. The zero-order chi connectivity index (χ0) is 33.4. The monoisotopic (exact) mass is 621 g/mol. The Bertz CT molecular complexity index is 1040. The van der Waals surface area contributed by atoms with Gasteiger partial charge in [-0.3, -0.25) is 24.0 Å². The molecule has 3 rings (SSSR count). The number of primary amides is 1. The van der Waals surface area contributed by atoms with E-state index in [2.05, 4.69) is 36.7 Å². The van der Waals surface area contributed by atoms with Crippen LogP contribution in [0.1, 0.15) is 93.9 Å². The van der Waals surface area contributed by atoms with Gasteiger partial charge in [0, 0.05) is 6.54 Å². The Labute approximate surface area is 262 Å². The Morgan fingerprint density at radius 1 is 0.909 bits per heavy atom. The van der Waals surface area contributed by atoms with Crippen LogP contribution in [0, 0.1) is 35.0 Å². The van der Waals surface area contributed by atoms with Crippen molar-refractivity contribution in [2.75, 3.05) is 19.7 Å². The predicted molar refractivity (Wildman–Crippen MR) is 166 cm³/mol. The fourth-order valence-corrected chi connectivity index (χ4v) is 4.90. The standard InChI is InChI=1S/C28H45N5O7.C4H10/c1-15(2)18-11-20(25(37)31-19(10-16-6-7-16)22(35)24(29)36)33(13-18)26(38)23(28(3,4)5)32-27(39)30-12-21(34)40-14-17-8-9-17;1-4(2)3/h15-20,23H,6-14H2,1-5H3,(H2,29,36)(H,31,37)(H2,30,32,39);4H,1-3H3/t18-,19?,20+,23?;/m1./s1. The largest absolute Gasteiger partial charge is 0.464 e. The number of hydrogen-bond acceptors (Lipinski definition) is 7. The minimum Gasteiger partial charge on any atom is -0.464 e. The molecule has 0 bridgehead atoms. The van der Waals surface area contributed by atoms with E-state index in [0.29, 0.717) is 31.9 Å². The molecule has 3 aliphatic rings. The molecule has 2 unspecified atom stereocenters. The number of ketones is 1. The number of Topliss-reactive ketones (excluding diaryl/α,β-unsaturated/α-hetero) is 1. The number of nitrogens with zero attached hydrogens (tertiary/aromatic N) is 1. The maximum atomic E-state index is 13.9. The first-order valence-corrected chi connectivity index (χ1v) is 16.0. The molecule has 0 aromatic carbocycles. The van der Waals surface area contributed by atoms with Crippen molar-refractivity contribution in [3.63, 3.8) is 0 Å². The van der Waals surface area contributed by atoms with Gasteiger partial charge in [-0.2, -0.15) is 0 Å². The predicted octanol–water partition coefficient (Wildman–Crippen LogP) is 2.53. The van der Waals surface area contributed by atoms with Crippen molar-refractivity contribution >= 4 is 35.5 Å². The van der Waals surface area contributed by atoms with Crippen LogP contribution in [0.3, 0.4) is 0 Å². The Morgan fingerprint density at radius 3 is 1.95 bits per heavy atom. The summed E-state index contributed by atoms with van der Waals surface area (Å²) < 4.78 is 5.13. The van der Waals surface area contributed by atoms with Crippen molar-refractivity contribution in [1.29, 1.82) is 0 Å². The molecule has 0 aromatic heterocycles. The minimum atomic E-state index is -1.11. The molecule has 0 aromatic rings. The summed E-state index contributed by atoms with van der Waals surface area (Å²) in [5, 5.41) is 7.83. The molecule has 5 amide bonds. The van der Waals surface area contributed by atoms with Crippen molar-refractivity contribution in [1.82, 2.24) is 20.9 Å². The summed E-state index contributed by atoms with van der Waals surface area (Å²) in [6.45, 7) is 16.2. The molecule has 1 heterocycles. The van der Waals surface area contributed by atoms with Gasteiger partial charge in [-0.25, -0.2) is 4.79 Å². The van der Waals surface area contributed by atoms with E-state index in [1.807, 2.05) is 13.8 Å². The highest BCUT2D eigenvalue weighted by molar-refractivity contribution is 6.37. The third kappa shape index (κ3) is 12.4. The lowest BCUT2D eigenvalue weighted by molar-refractivity contribution is -0.143. The zero-order valence-corrected chi connectivity index (χ0v) is 27.9. The average molecular weight is 622 g/mol. The summed E-state index contributed by atoms with van der Waals surface area (Å²) >= 11 is 0. The highest BCUT2D eigenvalue weighted by Gasteiger charge is 2.46. The number of likely N-dealkylation sites (tertiary alicyclic amines) is 1. The van der Waals surface area contributed by atoms with E-state index in [1.165, 1.54) is 4.90 Å². The Hall–Kier alpha value is -3.18. The van der Waals surface area contributed by atoms with E-state index >= 15 is 0 Å². The molecular weight excluding hydrogens is 566 g/mol. The van der Waals surface area contributed by atoms with Gasteiger partial charge < -0.3 is 31.3 Å². The van der Waals surface area contributed by atoms with E-state index < -0.39 is 59.0 Å². The van der Waals surface area contributed by atoms with Gasteiger partial charge in [-0.1, -0.05) is 68.2 Å². The minimum absolute atomic E-state index is 0.0177. The van der Waals surface area contributed by atoms with Gasteiger partial charge in [-0.05, 0) is 60.7 Å². The first-order valence-electron chi connectivity index (χ1n) is 16.0. The average Bonchev–Trinajstić information content (AvgIpc) is 3.85. The van der Waals surface area contributed by atoms with E-state index in [-0.39, 0.29) is 24.3 Å². The quantitative estimate of drug-likeness (QED) is 0.180. The second kappa shape index (κ2) is 16.2. The lowest BCUT2D eigenvalue weighted by Gasteiger charge is -2.35. The molecule has 12 heteroatoms. The number of amides is 5. The molecule has 12 nitrogen and oxygen atoms in total. The maximum Gasteiger partial charge on any atom is 0.325 e. The van der Waals surface area contributed by atoms with Crippen molar-refractivity contribution in [3.05, 3.63) is 0 Å². The van der Waals surface area contributed by atoms with Crippen LogP contribution >= 0.6 is 0 Å². The number of esters is 1. The lowest BCUT2D eigenvalue weighted by atomic mass is 9.85. The first kappa shape index (κ1) is 37.0. The van der Waals surface area contributed by atoms with Gasteiger partial charge in [0.2, 0.25) is 17.6 Å². The number of rotatable bonds is 13. The number of carbonyl (C=O) groups excluding carboxylic acids is 6. The first-order chi connectivity index (χ1) is 20.4. The topological polar surface area (TPSA) is 177 Å². The smallest absolute Gasteiger partial charge is 0.325 e. The van der Waals surface area contributed by atoms with Crippen LogP contribution in [0.2, 0.25) is 0 Å². The van der Waals surface area contributed by atoms with Gasteiger partial charge >= 0.3 is 12.0 Å². The molecule has 1 saturated heterocycles. The highest BCUT2D eigenvalue weighted by atomic mass is 16.5. The van der Waals surface area contributed by atoms with Crippen molar-refractivity contribution in [3.8, 4) is 0 Å². The van der Waals surface area contributed by atoms with Gasteiger partial charge in [0.15, 0.2) is 0 Å². The fourth-order valence-electron chi connectivity index (χ4n) is 4.90. The highest BCUT2D eigenvalue weighted by Crippen LogP contribution is 2.35. The summed E-state index contributed by atoms with van der Waals surface area (Å²) in [6, 6.07) is -3.62. The van der Waals surface area contributed by atoms with Crippen LogP contribution in [0.5, 0.6) is 0 Å². The van der Waals surface area contributed by atoms with Crippen molar-refractivity contribution in [2.45, 2.75) is 112 Å². The molecule has 0 radical (unpaired) electrons. The summed E-state index contributed by atoms with van der Waals surface area (Å²) in [5.41, 5.74) is 4.50. The van der Waals surface area contributed by atoms with Crippen LogP contribution in [-0.4, -0.2) is 78.2 Å². The number of nitrogens with one attached hydrogen (secondary N) is 3. The molecular formula is C32H55N5O7. The molecule has 4 atom stereocenters. The van der Waals surface area contributed by atoms with Crippen LogP contribution in [-0.2, 0) is 28.7 Å². The summed E-state index contributed by atoms with van der Waals surface area (Å²) in [4.78, 5) is 77.5. The number of nitrogens with two attached hydrogens (primary N) is 1. The summed E-state index contributed by atoms with van der Waals surface area (Å²) in [5.74, 6) is -1.80. The lowest BCUT2D eigenvalue weighted by Crippen LogP contribution is -2.60. The zero-order valence-electron chi connectivity index (χ0n) is 27.9. The second-order valence-electron chi connectivity index (χ2n) is 14.7.